The molecule has 0 radical (unpaired) electrons. The highest BCUT2D eigenvalue weighted by Crippen LogP contribution is 2.34. The van der Waals surface area contributed by atoms with Crippen molar-refractivity contribution in [2.75, 3.05) is 13.2 Å². The van der Waals surface area contributed by atoms with E-state index < -0.39 is 0 Å². The second-order valence-electron chi connectivity index (χ2n) is 9.32. The molecule has 2 nitrogen and oxygen atoms in total. The van der Waals surface area contributed by atoms with E-state index in [2.05, 4.69) is 38.1 Å². The molecule has 1 aliphatic heterocycles. The van der Waals surface area contributed by atoms with Crippen LogP contribution in [0.2, 0.25) is 0 Å². The van der Waals surface area contributed by atoms with E-state index in [0.717, 1.165) is 25.0 Å². The normalized spacial score (nSPS) is 28.4. The Labute approximate surface area is 173 Å². The molecule has 0 aromatic heterocycles. The van der Waals surface area contributed by atoms with E-state index in [0.29, 0.717) is 5.92 Å². The summed E-state index contributed by atoms with van der Waals surface area (Å²) in [5.41, 5.74) is 2.62. The summed E-state index contributed by atoms with van der Waals surface area (Å²) in [7, 11) is 0. The van der Waals surface area contributed by atoms with Crippen LogP contribution in [0.3, 0.4) is 0 Å². The maximum absolute atomic E-state index is 5.94. The molecule has 1 aromatic rings. The highest BCUT2D eigenvalue weighted by atomic mass is 16.7. The van der Waals surface area contributed by atoms with Gasteiger partial charge in [-0.05, 0) is 36.7 Å². The first-order valence-electron chi connectivity index (χ1n) is 12.1. The molecule has 1 aromatic carbocycles. The Balaban J connectivity index is 1.31. The van der Waals surface area contributed by atoms with Gasteiger partial charge < -0.3 is 9.47 Å². The number of hydrogen-bond donors (Lipinski definition) is 0. The van der Waals surface area contributed by atoms with Crippen molar-refractivity contribution in [2.24, 2.45) is 17.8 Å². The monoisotopic (exact) mass is 386 g/mol. The third-order valence-corrected chi connectivity index (χ3v) is 6.91. The van der Waals surface area contributed by atoms with Gasteiger partial charge >= 0.3 is 0 Å². The number of ether oxygens (including phenoxy) is 2. The van der Waals surface area contributed by atoms with Crippen LogP contribution in [0.4, 0.5) is 0 Å². The van der Waals surface area contributed by atoms with Gasteiger partial charge in [0.2, 0.25) is 0 Å². The fourth-order valence-corrected chi connectivity index (χ4v) is 5.13. The van der Waals surface area contributed by atoms with E-state index in [4.69, 9.17) is 9.47 Å². The number of benzene rings is 1. The van der Waals surface area contributed by atoms with Crippen molar-refractivity contribution in [3.63, 3.8) is 0 Å². The van der Waals surface area contributed by atoms with Crippen LogP contribution in [0.15, 0.2) is 24.3 Å². The molecule has 28 heavy (non-hydrogen) atoms. The third-order valence-electron chi connectivity index (χ3n) is 6.91. The van der Waals surface area contributed by atoms with Gasteiger partial charge in [-0.2, -0.15) is 0 Å². The van der Waals surface area contributed by atoms with Gasteiger partial charge in [0.15, 0.2) is 6.29 Å². The number of unbranched alkanes of at least 4 members (excludes halogenated alkanes) is 1. The molecule has 1 saturated carbocycles. The Bertz CT molecular complexity index is 522. The molecule has 0 amide bonds. The average molecular weight is 387 g/mol. The third kappa shape index (κ3) is 6.88. The Morgan fingerprint density at radius 3 is 1.89 bits per heavy atom. The van der Waals surface area contributed by atoms with Gasteiger partial charge in [0, 0.05) is 11.5 Å². The summed E-state index contributed by atoms with van der Waals surface area (Å²) in [5, 5.41) is 0. The van der Waals surface area contributed by atoms with Crippen molar-refractivity contribution in [3.8, 4) is 0 Å². The van der Waals surface area contributed by atoms with Crippen LogP contribution in [-0.4, -0.2) is 13.2 Å². The lowest BCUT2D eigenvalue weighted by molar-refractivity contribution is -0.206. The summed E-state index contributed by atoms with van der Waals surface area (Å²) in [4.78, 5) is 0. The standard InChI is InChI=1S/C26H42O2/c1-3-7-21-11-13-22(14-12-21)9-5-6-10-23-15-17-25(18-16-23)26-27-19-24(8-4-2)20-28-26/h15-18,21-22,24,26H,3-14,19-20H2,1-2H3. The van der Waals surface area contributed by atoms with Crippen molar-refractivity contribution in [2.45, 2.75) is 97.2 Å². The van der Waals surface area contributed by atoms with Crippen molar-refractivity contribution < 1.29 is 9.47 Å². The molecule has 1 aliphatic carbocycles. The molecule has 0 N–H and O–H groups in total. The summed E-state index contributed by atoms with van der Waals surface area (Å²) in [5.74, 6) is 2.62. The molecule has 1 saturated heterocycles. The lowest BCUT2D eigenvalue weighted by atomic mass is 9.78. The summed E-state index contributed by atoms with van der Waals surface area (Å²) >= 11 is 0. The fourth-order valence-electron chi connectivity index (χ4n) is 5.13. The maximum atomic E-state index is 5.94. The lowest BCUT2D eigenvalue weighted by Gasteiger charge is -2.29. The van der Waals surface area contributed by atoms with Gasteiger partial charge in [0.25, 0.3) is 0 Å². The second kappa shape index (κ2) is 12.0. The highest BCUT2D eigenvalue weighted by molar-refractivity contribution is 5.23. The largest absolute Gasteiger partial charge is 0.348 e. The molecule has 0 atom stereocenters. The average Bonchev–Trinajstić information content (AvgIpc) is 2.74. The first kappa shape index (κ1) is 21.8. The molecule has 158 valence electrons. The van der Waals surface area contributed by atoms with E-state index in [-0.39, 0.29) is 6.29 Å². The molecule has 2 aliphatic rings. The molecule has 3 rings (SSSR count). The fraction of sp³-hybridized carbons (Fsp3) is 0.769. The van der Waals surface area contributed by atoms with Crippen LogP contribution in [0.5, 0.6) is 0 Å². The topological polar surface area (TPSA) is 18.5 Å². The zero-order chi connectivity index (χ0) is 19.6. The Morgan fingerprint density at radius 1 is 0.714 bits per heavy atom. The van der Waals surface area contributed by atoms with Crippen molar-refractivity contribution in [3.05, 3.63) is 35.4 Å². The predicted octanol–water partition coefficient (Wildman–Crippen LogP) is 7.47. The van der Waals surface area contributed by atoms with E-state index in [1.807, 2.05) is 0 Å². The van der Waals surface area contributed by atoms with Crippen molar-refractivity contribution >= 4 is 0 Å². The van der Waals surface area contributed by atoms with Gasteiger partial charge in [-0.25, -0.2) is 0 Å². The molecular weight excluding hydrogens is 344 g/mol. The van der Waals surface area contributed by atoms with Crippen LogP contribution < -0.4 is 0 Å². The minimum Gasteiger partial charge on any atom is -0.348 e. The first-order chi connectivity index (χ1) is 13.8. The zero-order valence-corrected chi connectivity index (χ0v) is 18.3. The first-order valence-corrected chi connectivity index (χ1v) is 12.1. The SMILES string of the molecule is CCCC1CCC(CCCCc2ccc(C3OCC(CCC)CO3)cc2)CC1. The molecule has 2 heteroatoms. The van der Waals surface area contributed by atoms with Crippen LogP contribution in [-0.2, 0) is 15.9 Å². The van der Waals surface area contributed by atoms with Gasteiger partial charge in [-0.3, -0.25) is 0 Å². The molecule has 0 bridgehead atoms. The Kier molecular flexibility index (Phi) is 9.34. The van der Waals surface area contributed by atoms with Crippen LogP contribution in [0.25, 0.3) is 0 Å². The van der Waals surface area contributed by atoms with Crippen molar-refractivity contribution in [1.29, 1.82) is 0 Å². The summed E-state index contributed by atoms with van der Waals surface area (Å²) in [6.45, 7) is 6.22. The lowest BCUT2D eigenvalue weighted by Crippen LogP contribution is -2.26. The van der Waals surface area contributed by atoms with E-state index in [1.54, 1.807) is 0 Å². The van der Waals surface area contributed by atoms with Gasteiger partial charge in [-0.15, -0.1) is 0 Å². The van der Waals surface area contributed by atoms with E-state index >= 15 is 0 Å². The summed E-state index contributed by atoms with van der Waals surface area (Å²) in [6, 6.07) is 8.95. The Morgan fingerprint density at radius 2 is 1.29 bits per heavy atom. The Hall–Kier alpha value is -0.860. The molecular formula is C26H42O2. The second-order valence-corrected chi connectivity index (χ2v) is 9.32. The number of hydrogen-bond acceptors (Lipinski definition) is 2. The summed E-state index contributed by atoms with van der Waals surface area (Å²) < 4.78 is 11.9. The summed E-state index contributed by atoms with van der Waals surface area (Å²) in [6.07, 6.45) is 16.4. The molecule has 0 spiro atoms. The van der Waals surface area contributed by atoms with Gasteiger partial charge in [0.05, 0.1) is 13.2 Å². The molecule has 2 fully saturated rings. The molecule has 0 unspecified atom stereocenters. The van der Waals surface area contributed by atoms with Crippen LogP contribution in [0, 0.1) is 17.8 Å². The van der Waals surface area contributed by atoms with E-state index in [1.165, 1.54) is 88.2 Å². The quantitative estimate of drug-likeness (QED) is 0.388. The maximum Gasteiger partial charge on any atom is 0.183 e. The predicted molar refractivity (Wildman–Crippen MR) is 117 cm³/mol. The zero-order valence-electron chi connectivity index (χ0n) is 18.3. The van der Waals surface area contributed by atoms with E-state index in [9.17, 15) is 0 Å². The smallest absolute Gasteiger partial charge is 0.183 e. The minimum atomic E-state index is -0.162. The van der Waals surface area contributed by atoms with Crippen LogP contribution >= 0.6 is 0 Å². The molecule has 1 heterocycles. The van der Waals surface area contributed by atoms with Crippen LogP contribution in [0.1, 0.15) is 102 Å². The van der Waals surface area contributed by atoms with Gasteiger partial charge in [-0.1, -0.05) is 95.9 Å². The highest BCUT2D eigenvalue weighted by Gasteiger charge is 2.23. The number of rotatable bonds is 10. The van der Waals surface area contributed by atoms with Gasteiger partial charge in [0.1, 0.15) is 0 Å². The minimum absolute atomic E-state index is 0.162. The van der Waals surface area contributed by atoms with Crippen molar-refractivity contribution in [1.82, 2.24) is 0 Å². The number of aryl methyl sites for hydroxylation is 1.